The molecule has 5 heteroatoms. The van der Waals surface area contributed by atoms with Crippen LogP contribution in [-0.2, 0) is 9.47 Å². The molecule has 0 aliphatic carbocycles. The molecule has 0 unspecified atom stereocenters. The van der Waals surface area contributed by atoms with Crippen molar-refractivity contribution in [2.24, 2.45) is 0 Å². The maximum absolute atomic E-state index is 5.14. The summed E-state index contributed by atoms with van der Waals surface area (Å²) in [7, 11) is 0. The Balaban J connectivity index is 0.000000292. The lowest BCUT2D eigenvalue weighted by Crippen LogP contribution is -2.23. The van der Waals surface area contributed by atoms with Crippen LogP contribution in [0.15, 0.2) is 0 Å². The molecule has 2 nitrogen and oxygen atoms in total. The lowest BCUT2D eigenvalue weighted by Gasteiger charge is -2.21. The van der Waals surface area contributed by atoms with Crippen LogP contribution in [0.5, 0.6) is 0 Å². The highest BCUT2D eigenvalue weighted by molar-refractivity contribution is 9.47. The zero-order chi connectivity index (χ0) is 8.53. The normalized spacial score (nSPS) is 18.1. The van der Waals surface area contributed by atoms with Gasteiger partial charge in [-0.25, -0.2) is 0 Å². The SMILES string of the molecule is [Br][Mg][Br].[CH2]CC1OCCCO1. The van der Waals surface area contributed by atoms with Gasteiger partial charge in [0.25, 0.3) is 0 Å². The summed E-state index contributed by atoms with van der Waals surface area (Å²) in [6.07, 6.45) is 1.72. The summed E-state index contributed by atoms with van der Waals surface area (Å²) in [5.74, 6) is 0. The first-order valence-electron chi connectivity index (χ1n) is 3.49. The number of ether oxygens (including phenoxy) is 2. The second-order valence-corrected chi connectivity index (χ2v) is 10.00. The number of rotatable bonds is 1. The molecule has 1 aliphatic rings. The van der Waals surface area contributed by atoms with Crippen molar-refractivity contribution in [1.82, 2.24) is 0 Å². The van der Waals surface area contributed by atoms with Gasteiger partial charge in [-0.05, 0) is 19.8 Å². The van der Waals surface area contributed by atoms with E-state index in [0.29, 0.717) is 0 Å². The summed E-state index contributed by atoms with van der Waals surface area (Å²) in [5.41, 5.74) is 0. The van der Waals surface area contributed by atoms with Crippen molar-refractivity contribution < 1.29 is 9.47 Å². The van der Waals surface area contributed by atoms with Crippen LogP contribution in [0.1, 0.15) is 12.8 Å². The van der Waals surface area contributed by atoms with E-state index in [1.54, 1.807) is 0 Å². The molecular weight excluding hydrogens is 288 g/mol. The Labute approximate surface area is 89.9 Å². The van der Waals surface area contributed by atoms with E-state index >= 15 is 0 Å². The predicted octanol–water partition coefficient (Wildman–Crippen LogP) is 2.28. The Morgan fingerprint density at radius 2 is 1.82 bits per heavy atom. The smallest absolute Gasteiger partial charge is 0.353 e. The van der Waals surface area contributed by atoms with E-state index in [1.807, 2.05) is 0 Å². The fourth-order valence-electron chi connectivity index (χ4n) is 0.703. The van der Waals surface area contributed by atoms with Crippen molar-refractivity contribution >= 4 is 41.8 Å². The highest BCUT2D eigenvalue weighted by atomic mass is 79.9. The minimum absolute atomic E-state index is 0.0243. The van der Waals surface area contributed by atoms with Crippen LogP contribution in [-0.4, -0.2) is 35.5 Å². The summed E-state index contributed by atoms with van der Waals surface area (Å²) < 4.78 is 10.3. The fourth-order valence-corrected chi connectivity index (χ4v) is 0.703. The van der Waals surface area contributed by atoms with Crippen LogP contribution in [0.25, 0.3) is 0 Å². The Hall–Kier alpha value is 1.65. The fraction of sp³-hybridized carbons (Fsp3) is 0.833. The van der Waals surface area contributed by atoms with E-state index in [0.717, 1.165) is 26.1 Å². The minimum Gasteiger partial charge on any atom is -0.353 e. The monoisotopic (exact) mass is 297 g/mol. The van der Waals surface area contributed by atoms with Gasteiger partial charge in [-0.2, -0.15) is 0 Å². The maximum atomic E-state index is 5.14. The number of halogens is 2. The molecule has 1 saturated heterocycles. The van der Waals surface area contributed by atoms with Gasteiger partial charge in [-0.3, -0.25) is 25.8 Å². The van der Waals surface area contributed by atoms with Crippen molar-refractivity contribution in [3.63, 3.8) is 0 Å². The van der Waals surface area contributed by atoms with Gasteiger partial charge in [-0.1, -0.05) is 0 Å². The standard InChI is InChI=1S/C6H11O2.2BrH.Mg/c1-2-6-7-4-3-5-8-6;;;/h6H,1-5H2;2*1H;/q;;;+2/p-2. The second kappa shape index (κ2) is 9.73. The van der Waals surface area contributed by atoms with Crippen molar-refractivity contribution in [3.8, 4) is 0 Å². The zero-order valence-electron chi connectivity index (χ0n) is 6.39. The van der Waals surface area contributed by atoms with Gasteiger partial charge in [0.15, 0.2) is 6.29 Å². The minimum atomic E-state index is -0.0243. The molecule has 0 bridgehead atoms. The molecule has 0 atom stereocenters. The highest BCUT2D eigenvalue weighted by Crippen LogP contribution is 2.06. The Morgan fingerprint density at radius 1 is 1.36 bits per heavy atom. The van der Waals surface area contributed by atoms with Gasteiger partial charge in [-0.15, -0.1) is 0 Å². The molecule has 1 fully saturated rings. The van der Waals surface area contributed by atoms with Gasteiger partial charge in [0.1, 0.15) is 0 Å². The molecule has 0 aromatic heterocycles. The van der Waals surface area contributed by atoms with Crippen LogP contribution < -0.4 is 0 Å². The van der Waals surface area contributed by atoms with Crippen LogP contribution in [0.3, 0.4) is 0 Å². The Morgan fingerprint density at radius 3 is 2.09 bits per heavy atom. The number of hydrogen-bond donors (Lipinski definition) is 0. The maximum Gasteiger partial charge on any atom is 0.560 e. The van der Waals surface area contributed by atoms with Crippen molar-refractivity contribution in [2.45, 2.75) is 19.1 Å². The summed E-state index contributed by atoms with van der Waals surface area (Å²) >= 11 is 6.44. The lowest BCUT2D eigenvalue weighted by atomic mass is 10.4. The third-order valence-corrected chi connectivity index (χ3v) is 1.13. The van der Waals surface area contributed by atoms with E-state index in [9.17, 15) is 0 Å². The molecule has 0 aromatic carbocycles. The van der Waals surface area contributed by atoms with E-state index in [2.05, 4.69) is 32.7 Å². The predicted molar refractivity (Wildman–Crippen MR) is 53.9 cm³/mol. The van der Waals surface area contributed by atoms with E-state index in [1.165, 1.54) is 0 Å². The molecule has 1 aliphatic heterocycles. The first kappa shape index (κ1) is 12.6. The summed E-state index contributed by atoms with van der Waals surface area (Å²) in [6, 6.07) is 0. The molecule has 1 rings (SSSR count). The molecule has 0 N–H and O–H groups in total. The van der Waals surface area contributed by atoms with Crippen molar-refractivity contribution in [2.75, 3.05) is 13.2 Å². The van der Waals surface area contributed by atoms with Gasteiger partial charge in [0.2, 0.25) is 0 Å². The van der Waals surface area contributed by atoms with Crippen molar-refractivity contribution in [3.05, 3.63) is 6.92 Å². The summed E-state index contributed by atoms with van der Waals surface area (Å²) in [4.78, 5) is 0. The highest BCUT2D eigenvalue weighted by Gasteiger charge is 2.09. The Kier molecular flexibility index (Phi) is 11.2. The third-order valence-electron chi connectivity index (χ3n) is 1.13. The molecule has 1 radical (unpaired) electrons. The van der Waals surface area contributed by atoms with Crippen LogP contribution in [0.2, 0.25) is 0 Å². The molecule has 11 heavy (non-hydrogen) atoms. The third kappa shape index (κ3) is 7.99. The molecule has 0 amide bonds. The molecule has 0 spiro atoms. The van der Waals surface area contributed by atoms with E-state index < -0.39 is 0 Å². The summed E-state index contributed by atoms with van der Waals surface area (Å²) in [6.45, 7) is 5.33. The van der Waals surface area contributed by atoms with Crippen LogP contribution in [0, 0.1) is 6.92 Å². The van der Waals surface area contributed by atoms with Gasteiger partial charge in [0, 0.05) is 0 Å². The van der Waals surface area contributed by atoms with Gasteiger partial charge < -0.3 is 9.47 Å². The first-order valence-corrected chi connectivity index (χ1v) is 11.3. The Bertz CT molecular complexity index is 79.0. The molecule has 63 valence electrons. The molecular formula is C6H11Br2MgO2. The average Bonchev–Trinajstić information content (AvgIpc) is 2.08. The topological polar surface area (TPSA) is 18.5 Å². The quantitative estimate of drug-likeness (QED) is 0.692. The summed E-state index contributed by atoms with van der Waals surface area (Å²) in [5, 5.41) is 0. The zero-order valence-corrected chi connectivity index (χ0v) is 11.0. The second-order valence-electron chi connectivity index (χ2n) is 1.91. The number of hydrogen-bond acceptors (Lipinski definition) is 2. The molecule has 0 saturated carbocycles. The average molecular weight is 299 g/mol. The van der Waals surface area contributed by atoms with E-state index in [4.69, 9.17) is 9.47 Å². The first-order chi connectivity index (χ1) is 5.35. The van der Waals surface area contributed by atoms with Gasteiger partial charge in [0.05, 0.1) is 13.2 Å². The van der Waals surface area contributed by atoms with Crippen LogP contribution in [0.4, 0.5) is 0 Å². The van der Waals surface area contributed by atoms with E-state index in [-0.39, 0.29) is 22.3 Å². The van der Waals surface area contributed by atoms with Crippen LogP contribution >= 0.6 is 25.8 Å². The van der Waals surface area contributed by atoms with Gasteiger partial charge >= 0.3 is 16.0 Å². The molecule has 1 heterocycles. The molecule has 0 aromatic rings. The largest absolute Gasteiger partial charge is 0.560 e. The lowest BCUT2D eigenvalue weighted by molar-refractivity contribution is -0.176. The van der Waals surface area contributed by atoms with Crippen molar-refractivity contribution in [1.29, 1.82) is 0 Å².